The molecular weight excluding hydrogens is 132 g/mol. The molecular formula is C6H14N2S. The molecule has 0 unspecified atom stereocenters. The molecule has 3 heteroatoms. The number of hydrogen-bond donors (Lipinski definition) is 1. The van der Waals surface area contributed by atoms with Crippen LogP contribution in [0.25, 0.3) is 0 Å². The topological polar surface area (TPSA) is 15.3 Å². The number of nitrogens with one attached hydrogen (secondary N) is 1. The fourth-order valence-electron chi connectivity index (χ4n) is 0.881. The fourth-order valence-corrected chi connectivity index (χ4v) is 1.78. The van der Waals surface area contributed by atoms with E-state index < -0.39 is 0 Å². The van der Waals surface area contributed by atoms with E-state index in [1.165, 1.54) is 12.3 Å². The SMILES string of the molecule is CC(C)NN1CCSC1. The van der Waals surface area contributed by atoms with E-state index in [-0.39, 0.29) is 0 Å². The molecule has 1 rings (SSSR count). The van der Waals surface area contributed by atoms with Crippen LogP contribution in [0.1, 0.15) is 13.8 Å². The lowest BCUT2D eigenvalue weighted by Crippen LogP contribution is -2.39. The van der Waals surface area contributed by atoms with Gasteiger partial charge in [0.15, 0.2) is 0 Å². The number of hydrazine groups is 1. The van der Waals surface area contributed by atoms with Gasteiger partial charge in [-0.2, -0.15) is 0 Å². The largest absolute Gasteiger partial charge is 0.252 e. The van der Waals surface area contributed by atoms with Gasteiger partial charge < -0.3 is 0 Å². The lowest BCUT2D eigenvalue weighted by Gasteiger charge is -2.18. The molecule has 54 valence electrons. The summed E-state index contributed by atoms with van der Waals surface area (Å²) >= 11 is 1.99. The van der Waals surface area contributed by atoms with Gasteiger partial charge in [-0.05, 0) is 13.8 Å². The Labute approximate surface area is 61.0 Å². The van der Waals surface area contributed by atoms with E-state index in [0.29, 0.717) is 6.04 Å². The first-order valence-corrected chi connectivity index (χ1v) is 4.53. The molecule has 0 amide bonds. The molecule has 0 radical (unpaired) electrons. The summed E-state index contributed by atoms with van der Waals surface area (Å²) in [6, 6.07) is 0.587. The van der Waals surface area contributed by atoms with Crippen molar-refractivity contribution in [3.05, 3.63) is 0 Å². The van der Waals surface area contributed by atoms with Crippen LogP contribution in [-0.4, -0.2) is 29.2 Å². The highest BCUT2D eigenvalue weighted by atomic mass is 32.2. The quantitative estimate of drug-likeness (QED) is 0.623. The first-order chi connectivity index (χ1) is 4.29. The smallest absolute Gasteiger partial charge is 0.0588 e. The summed E-state index contributed by atoms with van der Waals surface area (Å²) in [6.07, 6.45) is 0. The second kappa shape index (κ2) is 3.44. The standard InChI is InChI=1S/C6H14N2S/c1-6(2)7-8-3-4-9-5-8/h6-7H,3-5H2,1-2H3. The van der Waals surface area contributed by atoms with Gasteiger partial charge in [0.05, 0.1) is 5.88 Å². The maximum absolute atomic E-state index is 3.35. The minimum Gasteiger partial charge on any atom is -0.252 e. The van der Waals surface area contributed by atoms with E-state index in [1.807, 2.05) is 11.8 Å². The Kier molecular flexibility index (Phi) is 2.82. The maximum Gasteiger partial charge on any atom is 0.0588 e. The van der Waals surface area contributed by atoms with Gasteiger partial charge in [0.2, 0.25) is 0 Å². The van der Waals surface area contributed by atoms with Crippen LogP contribution in [0, 0.1) is 0 Å². The summed E-state index contributed by atoms with van der Waals surface area (Å²) in [5, 5.41) is 2.27. The lowest BCUT2D eigenvalue weighted by molar-refractivity contribution is 0.223. The van der Waals surface area contributed by atoms with E-state index in [9.17, 15) is 0 Å². The average molecular weight is 146 g/mol. The van der Waals surface area contributed by atoms with Gasteiger partial charge in [-0.1, -0.05) is 0 Å². The highest BCUT2D eigenvalue weighted by molar-refractivity contribution is 7.99. The molecule has 1 N–H and O–H groups in total. The van der Waals surface area contributed by atoms with Gasteiger partial charge in [-0.15, -0.1) is 11.8 Å². The number of nitrogens with zero attached hydrogens (tertiary/aromatic N) is 1. The monoisotopic (exact) mass is 146 g/mol. The molecule has 0 saturated carbocycles. The molecule has 0 aromatic heterocycles. The van der Waals surface area contributed by atoms with Crippen LogP contribution >= 0.6 is 11.8 Å². The molecule has 0 bridgehead atoms. The van der Waals surface area contributed by atoms with Gasteiger partial charge in [-0.25, -0.2) is 5.01 Å². The minimum atomic E-state index is 0.587. The predicted octanol–water partition coefficient (Wildman–Crippen LogP) is 0.906. The molecule has 0 aromatic rings. The van der Waals surface area contributed by atoms with Crippen LogP contribution in [0.15, 0.2) is 0 Å². The van der Waals surface area contributed by atoms with Crippen LogP contribution < -0.4 is 5.43 Å². The van der Waals surface area contributed by atoms with E-state index in [0.717, 1.165) is 5.88 Å². The third-order valence-electron chi connectivity index (χ3n) is 1.19. The Morgan fingerprint density at radius 3 is 2.78 bits per heavy atom. The first-order valence-electron chi connectivity index (χ1n) is 3.38. The van der Waals surface area contributed by atoms with E-state index in [1.54, 1.807) is 0 Å². The zero-order valence-electron chi connectivity index (χ0n) is 6.05. The molecule has 1 aliphatic heterocycles. The van der Waals surface area contributed by atoms with Gasteiger partial charge >= 0.3 is 0 Å². The fraction of sp³-hybridized carbons (Fsp3) is 1.00. The van der Waals surface area contributed by atoms with Crippen LogP contribution in [0.2, 0.25) is 0 Å². The molecule has 1 aliphatic rings. The summed E-state index contributed by atoms with van der Waals surface area (Å²) in [4.78, 5) is 0. The number of hydrogen-bond acceptors (Lipinski definition) is 3. The summed E-state index contributed by atoms with van der Waals surface area (Å²) in [6.45, 7) is 5.54. The third-order valence-corrected chi connectivity index (χ3v) is 2.16. The van der Waals surface area contributed by atoms with E-state index in [2.05, 4.69) is 24.3 Å². The molecule has 0 spiro atoms. The molecule has 0 aliphatic carbocycles. The van der Waals surface area contributed by atoms with Gasteiger partial charge in [-0.3, -0.25) is 5.43 Å². The van der Waals surface area contributed by atoms with Crippen LogP contribution in [-0.2, 0) is 0 Å². The molecule has 0 aromatic carbocycles. The summed E-state index contributed by atoms with van der Waals surface area (Å²) in [5.74, 6) is 2.43. The Morgan fingerprint density at radius 2 is 2.33 bits per heavy atom. The Morgan fingerprint density at radius 1 is 1.56 bits per heavy atom. The summed E-state index contributed by atoms with van der Waals surface area (Å²) < 4.78 is 0. The van der Waals surface area contributed by atoms with Crippen LogP contribution in [0.4, 0.5) is 0 Å². The van der Waals surface area contributed by atoms with Gasteiger partial charge in [0, 0.05) is 18.3 Å². The van der Waals surface area contributed by atoms with Crippen LogP contribution in [0.3, 0.4) is 0 Å². The average Bonchev–Trinajstić information content (AvgIpc) is 2.15. The molecule has 1 heterocycles. The van der Waals surface area contributed by atoms with Crippen molar-refractivity contribution in [2.24, 2.45) is 0 Å². The van der Waals surface area contributed by atoms with E-state index in [4.69, 9.17) is 0 Å². The predicted molar refractivity (Wildman–Crippen MR) is 42.3 cm³/mol. The van der Waals surface area contributed by atoms with Crippen molar-refractivity contribution in [1.29, 1.82) is 0 Å². The minimum absolute atomic E-state index is 0.587. The Balaban J connectivity index is 2.11. The highest BCUT2D eigenvalue weighted by Gasteiger charge is 2.11. The third kappa shape index (κ3) is 2.56. The Hall–Kier alpha value is 0.270. The van der Waals surface area contributed by atoms with Crippen molar-refractivity contribution in [3.8, 4) is 0 Å². The lowest BCUT2D eigenvalue weighted by atomic mass is 10.4. The molecule has 9 heavy (non-hydrogen) atoms. The van der Waals surface area contributed by atoms with Crippen molar-refractivity contribution < 1.29 is 0 Å². The van der Waals surface area contributed by atoms with E-state index >= 15 is 0 Å². The van der Waals surface area contributed by atoms with Gasteiger partial charge in [0.25, 0.3) is 0 Å². The number of rotatable bonds is 2. The first kappa shape index (κ1) is 7.38. The normalized spacial score (nSPS) is 21.7. The summed E-state index contributed by atoms with van der Waals surface area (Å²) in [5.41, 5.74) is 3.35. The molecule has 2 nitrogen and oxygen atoms in total. The van der Waals surface area contributed by atoms with Crippen molar-refractivity contribution in [2.75, 3.05) is 18.2 Å². The highest BCUT2D eigenvalue weighted by Crippen LogP contribution is 2.10. The number of thioether (sulfide) groups is 1. The van der Waals surface area contributed by atoms with Crippen LogP contribution in [0.5, 0.6) is 0 Å². The van der Waals surface area contributed by atoms with Crippen molar-refractivity contribution in [1.82, 2.24) is 10.4 Å². The van der Waals surface area contributed by atoms with Crippen molar-refractivity contribution in [2.45, 2.75) is 19.9 Å². The zero-order valence-corrected chi connectivity index (χ0v) is 6.87. The second-order valence-corrected chi connectivity index (χ2v) is 3.66. The maximum atomic E-state index is 3.35. The van der Waals surface area contributed by atoms with Crippen molar-refractivity contribution >= 4 is 11.8 Å². The Bertz CT molecular complexity index is 79.1. The molecule has 1 fully saturated rings. The molecule has 1 saturated heterocycles. The van der Waals surface area contributed by atoms with Crippen molar-refractivity contribution in [3.63, 3.8) is 0 Å². The zero-order chi connectivity index (χ0) is 6.69. The molecule has 0 atom stereocenters. The van der Waals surface area contributed by atoms with Gasteiger partial charge in [0.1, 0.15) is 0 Å². The summed E-state index contributed by atoms with van der Waals surface area (Å²) in [7, 11) is 0. The second-order valence-electron chi connectivity index (χ2n) is 2.58.